The topological polar surface area (TPSA) is 99.7 Å². The molecule has 0 unspecified atom stereocenters. The number of hydrogen-bond acceptors (Lipinski definition) is 5. The van der Waals surface area contributed by atoms with E-state index in [1.807, 2.05) is 22.6 Å². The number of fused-ring (bicyclic) bond motifs is 1. The van der Waals surface area contributed by atoms with Crippen LogP contribution < -0.4 is 10.2 Å². The highest BCUT2D eigenvalue weighted by atomic mass is 35.5. The molecule has 0 aliphatic rings. The maximum absolute atomic E-state index is 13.3. The van der Waals surface area contributed by atoms with Crippen molar-refractivity contribution in [2.45, 2.75) is 0 Å². The number of carbonyl (C=O) groups is 2. The molecule has 0 saturated carbocycles. The van der Waals surface area contributed by atoms with Crippen molar-refractivity contribution < 1.29 is 14.3 Å². The Labute approximate surface area is 194 Å². The number of amides is 2. The smallest absolute Gasteiger partial charge is 0.411 e. The predicted molar refractivity (Wildman–Crippen MR) is 125 cm³/mol. The number of hydrogen-bond donors (Lipinski definition) is 1. The van der Waals surface area contributed by atoms with Crippen molar-refractivity contribution in [3.63, 3.8) is 0 Å². The van der Waals surface area contributed by atoms with Crippen LogP contribution in [-0.4, -0.2) is 35.0 Å². The maximum Gasteiger partial charge on any atom is 0.411 e. The molecule has 2 aromatic heterocycles. The molecule has 0 spiro atoms. The minimum absolute atomic E-state index is 0.107. The number of halogens is 1. The van der Waals surface area contributed by atoms with Crippen LogP contribution in [0, 0.1) is 11.3 Å². The van der Waals surface area contributed by atoms with Crippen LogP contribution in [0.5, 0.6) is 0 Å². The van der Waals surface area contributed by atoms with Gasteiger partial charge in [-0.25, -0.2) is 9.78 Å². The molecule has 0 fully saturated rings. The highest BCUT2D eigenvalue weighted by molar-refractivity contribution is 6.30. The molecule has 2 aromatic carbocycles. The maximum atomic E-state index is 13.3. The Kier molecular flexibility index (Phi) is 6.24. The number of benzene rings is 2. The van der Waals surface area contributed by atoms with Gasteiger partial charge in [-0.05, 0) is 48.5 Å². The van der Waals surface area contributed by atoms with E-state index in [0.29, 0.717) is 27.6 Å². The average molecular weight is 460 g/mol. The van der Waals surface area contributed by atoms with Crippen LogP contribution in [0.2, 0.25) is 5.02 Å². The Morgan fingerprint density at radius 1 is 1.12 bits per heavy atom. The number of nitriles is 1. The SMILES string of the molecule is COC(=O)Nc1ccc(-c2cnc3ccc(C(=O)N(CC#N)c4ccc(Cl)cc4)cn23)cc1. The molecule has 4 aromatic rings. The van der Waals surface area contributed by atoms with Crippen LogP contribution in [0.15, 0.2) is 73.1 Å². The first-order valence-electron chi connectivity index (χ1n) is 9.87. The molecular formula is C24H18ClN5O3. The van der Waals surface area contributed by atoms with Crippen molar-refractivity contribution in [2.75, 3.05) is 23.9 Å². The van der Waals surface area contributed by atoms with Gasteiger partial charge in [-0.15, -0.1) is 0 Å². The predicted octanol–water partition coefficient (Wildman–Crippen LogP) is 5.00. The van der Waals surface area contributed by atoms with Gasteiger partial charge in [0.25, 0.3) is 5.91 Å². The van der Waals surface area contributed by atoms with Crippen LogP contribution in [-0.2, 0) is 4.74 Å². The van der Waals surface area contributed by atoms with E-state index >= 15 is 0 Å². The molecule has 0 atom stereocenters. The summed E-state index contributed by atoms with van der Waals surface area (Å²) < 4.78 is 6.41. The zero-order valence-electron chi connectivity index (χ0n) is 17.5. The van der Waals surface area contributed by atoms with Gasteiger partial charge in [0.1, 0.15) is 12.2 Å². The van der Waals surface area contributed by atoms with Gasteiger partial charge in [0.15, 0.2) is 0 Å². The quantitative estimate of drug-likeness (QED) is 0.423. The van der Waals surface area contributed by atoms with E-state index in [2.05, 4.69) is 15.0 Å². The summed E-state index contributed by atoms with van der Waals surface area (Å²) in [5, 5.41) is 12.4. The molecule has 0 radical (unpaired) electrons. The number of rotatable bonds is 5. The number of imidazole rings is 1. The zero-order valence-corrected chi connectivity index (χ0v) is 18.3. The van der Waals surface area contributed by atoms with Gasteiger partial charge in [0.05, 0.1) is 30.6 Å². The molecule has 0 saturated heterocycles. The lowest BCUT2D eigenvalue weighted by atomic mass is 10.1. The van der Waals surface area contributed by atoms with Crippen LogP contribution in [0.3, 0.4) is 0 Å². The Balaban J connectivity index is 1.67. The molecule has 0 aliphatic heterocycles. The molecule has 0 aliphatic carbocycles. The first kappa shape index (κ1) is 21.9. The third-order valence-electron chi connectivity index (χ3n) is 4.98. The summed E-state index contributed by atoms with van der Waals surface area (Å²) in [4.78, 5) is 30.4. The standard InChI is InChI=1S/C24H18ClN5O3/c1-33-24(32)28-19-7-2-16(3-8-19)21-14-27-22-11-4-17(15-30(21)22)23(31)29(13-12-26)20-9-5-18(25)6-10-20/h2-11,14-15H,13H2,1H3,(H,28,32). The Bertz CT molecular complexity index is 1360. The largest absolute Gasteiger partial charge is 0.453 e. The van der Waals surface area contributed by atoms with Crippen molar-refractivity contribution in [3.8, 4) is 17.3 Å². The van der Waals surface area contributed by atoms with Crippen LogP contribution >= 0.6 is 11.6 Å². The van der Waals surface area contributed by atoms with Gasteiger partial charge in [-0.1, -0.05) is 23.7 Å². The first-order chi connectivity index (χ1) is 16.0. The van der Waals surface area contributed by atoms with Gasteiger partial charge < -0.3 is 4.74 Å². The average Bonchev–Trinajstić information content (AvgIpc) is 3.26. The first-order valence-corrected chi connectivity index (χ1v) is 10.2. The second kappa shape index (κ2) is 9.42. The van der Waals surface area contributed by atoms with E-state index in [0.717, 1.165) is 11.3 Å². The third-order valence-corrected chi connectivity index (χ3v) is 5.23. The summed E-state index contributed by atoms with van der Waals surface area (Å²) in [5.41, 5.74) is 3.83. The monoisotopic (exact) mass is 459 g/mol. The number of nitrogens with zero attached hydrogens (tertiary/aromatic N) is 4. The number of ether oxygens (including phenoxy) is 1. The van der Waals surface area contributed by atoms with Gasteiger partial charge >= 0.3 is 6.09 Å². The van der Waals surface area contributed by atoms with Crippen molar-refractivity contribution in [1.29, 1.82) is 5.26 Å². The van der Waals surface area contributed by atoms with Crippen molar-refractivity contribution in [2.24, 2.45) is 0 Å². The highest BCUT2D eigenvalue weighted by Crippen LogP contribution is 2.25. The fraction of sp³-hybridized carbons (Fsp3) is 0.0833. The number of carbonyl (C=O) groups excluding carboxylic acids is 2. The molecule has 0 bridgehead atoms. The third kappa shape index (κ3) is 4.63. The lowest BCUT2D eigenvalue weighted by molar-refractivity contribution is 0.0989. The molecule has 9 heteroatoms. The van der Waals surface area contributed by atoms with E-state index in [1.165, 1.54) is 12.0 Å². The van der Waals surface area contributed by atoms with Gasteiger partial charge in [-0.2, -0.15) is 5.26 Å². The highest BCUT2D eigenvalue weighted by Gasteiger charge is 2.19. The Morgan fingerprint density at radius 3 is 2.52 bits per heavy atom. The Hall–Kier alpha value is -4.35. The summed E-state index contributed by atoms with van der Waals surface area (Å²) in [5.74, 6) is -0.321. The van der Waals surface area contributed by atoms with Gasteiger partial charge in [0.2, 0.25) is 0 Å². The molecule has 2 heterocycles. The van der Waals surface area contributed by atoms with Crippen molar-refractivity contribution in [1.82, 2.24) is 9.38 Å². The van der Waals surface area contributed by atoms with E-state index in [4.69, 9.17) is 11.6 Å². The Morgan fingerprint density at radius 2 is 1.85 bits per heavy atom. The van der Waals surface area contributed by atoms with Gasteiger partial charge in [-0.3, -0.25) is 19.4 Å². The number of methoxy groups -OCH3 is 1. The van der Waals surface area contributed by atoms with Crippen LogP contribution in [0.25, 0.3) is 16.9 Å². The molecule has 164 valence electrons. The molecule has 2 amide bonds. The lowest BCUT2D eigenvalue weighted by Crippen LogP contribution is -2.31. The van der Waals surface area contributed by atoms with E-state index in [-0.39, 0.29) is 12.5 Å². The van der Waals surface area contributed by atoms with Crippen molar-refractivity contribution in [3.05, 3.63) is 83.6 Å². The van der Waals surface area contributed by atoms with E-state index < -0.39 is 6.09 Å². The number of pyridine rings is 1. The normalized spacial score (nSPS) is 10.5. The summed E-state index contributed by atoms with van der Waals surface area (Å²) in [7, 11) is 1.30. The minimum atomic E-state index is -0.552. The fourth-order valence-electron chi connectivity index (χ4n) is 3.34. The number of anilines is 2. The number of nitrogens with one attached hydrogen (secondary N) is 1. The molecule has 8 nitrogen and oxygen atoms in total. The summed E-state index contributed by atoms with van der Waals surface area (Å²) >= 11 is 5.95. The molecule has 1 N–H and O–H groups in total. The fourth-order valence-corrected chi connectivity index (χ4v) is 3.47. The molecular weight excluding hydrogens is 442 g/mol. The summed E-state index contributed by atoms with van der Waals surface area (Å²) in [6.45, 7) is -0.107. The van der Waals surface area contributed by atoms with Crippen molar-refractivity contribution >= 4 is 40.6 Å². The minimum Gasteiger partial charge on any atom is -0.453 e. The number of aromatic nitrogens is 2. The van der Waals surface area contributed by atoms with Crippen LogP contribution in [0.1, 0.15) is 10.4 Å². The molecule has 4 rings (SSSR count). The van der Waals surface area contributed by atoms with E-state index in [1.54, 1.807) is 60.9 Å². The second-order valence-corrected chi connectivity index (χ2v) is 7.45. The summed E-state index contributed by atoms with van der Waals surface area (Å²) in [6.07, 6.45) is 2.85. The zero-order chi connectivity index (χ0) is 23.4. The summed E-state index contributed by atoms with van der Waals surface area (Å²) in [6, 6.07) is 19.4. The second-order valence-electron chi connectivity index (χ2n) is 7.01. The molecule has 33 heavy (non-hydrogen) atoms. The lowest BCUT2D eigenvalue weighted by Gasteiger charge is -2.20. The van der Waals surface area contributed by atoms with E-state index in [9.17, 15) is 14.9 Å². The van der Waals surface area contributed by atoms with Crippen LogP contribution in [0.4, 0.5) is 16.2 Å². The van der Waals surface area contributed by atoms with Gasteiger partial charge in [0, 0.05) is 28.2 Å².